The summed E-state index contributed by atoms with van der Waals surface area (Å²) in [6.07, 6.45) is 9.97. The number of amides is 2. The number of carbonyl (C=O) groups is 2. The minimum Gasteiger partial charge on any atom is -0.394 e. The molecule has 0 aromatic carbocycles. The molecule has 1 heterocycles. The van der Waals surface area contributed by atoms with Crippen molar-refractivity contribution in [1.82, 2.24) is 10.6 Å². The molecule has 1 rings (SSSR count). The van der Waals surface area contributed by atoms with E-state index in [2.05, 4.69) is 30.2 Å². The topological polar surface area (TPSA) is 154 Å². The predicted octanol–water partition coefficient (Wildman–Crippen LogP) is 1.42. The molecule has 7 N–H and O–H groups in total. The standard InChI is InChI=1S/C25H49N3O6S/c1-3-4-5-6-7-8-9-10-11-12-13-14-15-27-25(33)19(26)24(35)23-20(28-17(2)30)22(32)21(31)18(16-29)34-23/h18-24,29,31-32,35H,3-16,26H2,1-2H3,(H,27,33)(H,28,30)/t18-,19+,20-,21+,22-,23-,24?/m1/s1. The van der Waals surface area contributed by atoms with Crippen LogP contribution in [0.1, 0.15) is 90.9 Å². The average Bonchev–Trinajstić information content (AvgIpc) is 2.83. The Morgan fingerprint density at radius 1 is 0.943 bits per heavy atom. The van der Waals surface area contributed by atoms with Gasteiger partial charge in [0.15, 0.2) is 0 Å². The third kappa shape index (κ3) is 11.8. The van der Waals surface area contributed by atoms with Gasteiger partial charge in [-0.3, -0.25) is 9.59 Å². The molecule has 1 saturated heterocycles. The van der Waals surface area contributed by atoms with Crippen molar-refractivity contribution in [2.24, 2.45) is 5.73 Å². The summed E-state index contributed by atoms with van der Waals surface area (Å²) in [6.45, 7) is 3.47. The number of nitrogens with one attached hydrogen (secondary N) is 2. The van der Waals surface area contributed by atoms with Crippen molar-refractivity contribution in [2.45, 2.75) is 133 Å². The van der Waals surface area contributed by atoms with E-state index in [0.29, 0.717) is 6.54 Å². The number of unbranched alkanes of at least 4 members (excludes halogenated alkanes) is 11. The molecule has 0 radical (unpaired) electrons. The maximum Gasteiger partial charge on any atom is 0.238 e. The molecule has 0 saturated carbocycles. The molecule has 7 atom stereocenters. The van der Waals surface area contributed by atoms with Crippen LogP contribution in [0.5, 0.6) is 0 Å². The number of thiol groups is 1. The minimum atomic E-state index is -1.40. The number of ether oxygens (including phenoxy) is 1. The van der Waals surface area contributed by atoms with Crippen LogP contribution in [0.4, 0.5) is 0 Å². The SMILES string of the molecule is CCCCCCCCCCCCCCNC(=O)[C@@H](N)C(S)[C@@H]1O[C@H](CO)[C@H](O)[C@H](O)[C@H]1NC(C)=O. The van der Waals surface area contributed by atoms with E-state index in [0.717, 1.165) is 19.3 Å². The van der Waals surface area contributed by atoms with E-state index in [4.69, 9.17) is 10.5 Å². The Kier molecular flexibility index (Phi) is 16.8. The molecule has 0 aromatic heterocycles. The fraction of sp³-hybridized carbons (Fsp3) is 0.920. The fourth-order valence-electron chi connectivity index (χ4n) is 4.49. The molecule has 1 unspecified atom stereocenters. The monoisotopic (exact) mass is 519 g/mol. The minimum absolute atomic E-state index is 0.403. The molecule has 35 heavy (non-hydrogen) atoms. The highest BCUT2D eigenvalue weighted by molar-refractivity contribution is 7.81. The van der Waals surface area contributed by atoms with E-state index in [1.165, 1.54) is 64.7 Å². The van der Waals surface area contributed by atoms with Crippen LogP contribution in [-0.2, 0) is 14.3 Å². The third-order valence-electron chi connectivity index (χ3n) is 6.67. The van der Waals surface area contributed by atoms with E-state index in [1.807, 2.05) is 0 Å². The van der Waals surface area contributed by atoms with Crippen molar-refractivity contribution in [3.63, 3.8) is 0 Å². The first-order chi connectivity index (χ1) is 16.7. The fourth-order valence-corrected chi connectivity index (χ4v) is 4.89. The molecule has 1 aliphatic rings. The van der Waals surface area contributed by atoms with Gasteiger partial charge < -0.3 is 36.4 Å². The summed E-state index contributed by atoms with van der Waals surface area (Å²) in [5.74, 6) is -0.845. The molecule has 0 aliphatic carbocycles. The van der Waals surface area contributed by atoms with Crippen molar-refractivity contribution < 1.29 is 29.6 Å². The Morgan fingerprint density at radius 2 is 1.46 bits per heavy atom. The largest absolute Gasteiger partial charge is 0.394 e. The summed E-state index contributed by atoms with van der Waals surface area (Å²) in [5, 5.41) is 34.5. The van der Waals surface area contributed by atoms with E-state index in [1.54, 1.807) is 0 Å². The van der Waals surface area contributed by atoms with Gasteiger partial charge in [-0.05, 0) is 6.42 Å². The van der Waals surface area contributed by atoms with Gasteiger partial charge in [0, 0.05) is 13.5 Å². The number of hydrogen-bond acceptors (Lipinski definition) is 8. The Labute approximate surface area is 216 Å². The van der Waals surface area contributed by atoms with Gasteiger partial charge in [0.05, 0.1) is 30.0 Å². The van der Waals surface area contributed by atoms with Crippen LogP contribution >= 0.6 is 12.6 Å². The van der Waals surface area contributed by atoms with E-state index in [9.17, 15) is 24.9 Å². The second-order valence-corrected chi connectivity index (χ2v) is 10.3. The van der Waals surface area contributed by atoms with Crippen LogP contribution in [0.25, 0.3) is 0 Å². The van der Waals surface area contributed by atoms with Crippen molar-refractivity contribution in [3.05, 3.63) is 0 Å². The molecule has 0 aromatic rings. The summed E-state index contributed by atoms with van der Waals surface area (Å²) < 4.78 is 5.68. The maximum absolute atomic E-state index is 12.6. The number of hydrogen-bond donors (Lipinski definition) is 7. The number of nitrogens with two attached hydrogens (primary N) is 1. The lowest BCUT2D eigenvalue weighted by molar-refractivity contribution is -0.195. The Balaban J connectivity index is 2.32. The van der Waals surface area contributed by atoms with Gasteiger partial charge in [0.25, 0.3) is 0 Å². The van der Waals surface area contributed by atoms with Crippen LogP contribution in [0, 0.1) is 0 Å². The first kappa shape index (κ1) is 32.1. The van der Waals surface area contributed by atoms with Crippen molar-refractivity contribution in [2.75, 3.05) is 13.2 Å². The van der Waals surface area contributed by atoms with Crippen molar-refractivity contribution in [3.8, 4) is 0 Å². The highest BCUT2D eigenvalue weighted by Crippen LogP contribution is 2.27. The van der Waals surface area contributed by atoms with Crippen LogP contribution in [0.15, 0.2) is 0 Å². The Bertz CT molecular complexity index is 600. The quantitative estimate of drug-likeness (QED) is 0.107. The summed E-state index contributed by atoms with van der Waals surface area (Å²) in [4.78, 5) is 24.2. The Hall–Kier alpha value is -0.910. The number of aliphatic hydroxyl groups is 3. The maximum atomic E-state index is 12.6. The van der Waals surface area contributed by atoms with Gasteiger partial charge in [-0.25, -0.2) is 0 Å². The highest BCUT2D eigenvalue weighted by Gasteiger charge is 2.48. The lowest BCUT2D eigenvalue weighted by Gasteiger charge is -2.45. The summed E-state index contributed by atoms with van der Waals surface area (Å²) in [7, 11) is 0. The molecule has 2 amide bonds. The average molecular weight is 520 g/mol. The van der Waals surface area contributed by atoms with E-state index >= 15 is 0 Å². The molecular weight excluding hydrogens is 470 g/mol. The van der Waals surface area contributed by atoms with E-state index in [-0.39, 0.29) is 0 Å². The first-order valence-electron chi connectivity index (χ1n) is 13.4. The van der Waals surface area contributed by atoms with Crippen LogP contribution in [0.2, 0.25) is 0 Å². The summed E-state index contributed by atoms with van der Waals surface area (Å²) in [6, 6.07) is -2.10. The van der Waals surface area contributed by atoms with Crippen molar-refractivity contribution in [1.29, 1.82) is 0 Å². The molecule has 1 aliphatic heterocycles. The van der Waals surface area contributed by atoms with Crippen molar-refractivity contribution >= 4 is 24.4 Å². The number of aliphatic hydroxyl groups excluding tert-OH is 3. The second kappa shape index (κ2) is 18.4. The normalized spacial score (nSPS) is 26.2. The van der Waals surface area contributed by atoms with Gasteiger partial charge in [0.2, 0.25) is 11.8 Å². The van der Waals surface area contributed by atoms with Gasteiger partial charge >= 0.3 is 0 Å². The third-order valence-corrected chi connectivity index (χ3v) is 7.29. The predicted molar refractivity (Wildman–Crippen MR) is 140 cm³/mol. The van der Waals surface area contributed by atoms with Gasteiger partial charge in [-0.2, -0.15) is 12.6 Å². The molecule has 1 fully saturated rings. The molecule has 0 bridgehead atoms. The zero-order valence-corrected chi connectivity index (χ0v) is 22.4. The number of rotatable bonds is 18. The summed E-state index contributed by atoms with van der Waals surface area (Å²) in [5.41, 5.74) is 6.11. The second-order valence-electron chi connectivity index (χ2n) is 9.73. The Morgan fingerprint density at radius 3 is 1.94 bits per heavy atom. The zero-order valence-electron chi connectivity index (χ0n) is 21.5. The lowest BCUT2D eigenvalue weighted by atomic mass is 9.89. The van der Waals surface area contributed by atoms with Crippen LogP contribution < -0.4 is 16.4 Å². The summed E-state index contributed by atoms with van der Waals surface area (Å²) >= 11 is 4.44. The lowest BCUT2D eigenvalue weighted by Crippen LogP contribution is -2.68. The van der Waals surface area contributed by atoms with Crippen LogP contribution in [-0.4, -0.2) is 82.0 Å². The van der Waals surface area contributed by atoms with E-state index < -0.39 is 60.2 Å². The van der Waals surface area contributed by atoms with Gasteiger partial charge in [-0.1, -0.05) is 77.6 Å². The molecule has 0 spiro atoms. The first-order valence-corrected chi connectivity index (χ1v) is 13.9. The highest BCUT2D eigenvalue weighted by atomic mass is 32.1. The van der Waals surface area contributed by atoms with Gasteiger partial charge in [-0.15, -0.1) is 0 Å². The smallest absolute Gasteiger partial charge is 0.238 e. The molecule has 10 heteroatoms. The zero-order chi connectivity index (χ0) is 26.2. The van der Waals surface area contributed by atoms with Crippen LogP contribution in [0.3, 0.4) is 0 Å². The van der Waals surface area contributed by atoms with Gasteiger partial charge in [0.1, 0.15) is 18.3 Å². The molecule has 206 valence electrons. The number of carbonyl (C=O) groups excluding carboxylic acids is 2. The molecular formula is C25H49N3O6S. The molecule has 9 nitrogen and oxygen atoms in total.